The number of aromatic nitrogens is 1. The minimum Gasteiger partial charge on any atom is -0.371 e. The molecule has 0 saturated carbocycles. The van der Waals surface area contributed by atoms with Gasteiger partial charge in [-0.3, -0.25) is 4.98 Å². The first-order valence-corrected chi connectivity index (χ1v) is 5.71. The van der Waals surface area contributed by atoms with E-state index < -0.39 is 0 Å². The lowest BCUT2D eigenvalue weighted by Gasteiger charge is -2.28. The Morgan fingerprint density at radius 2 is 2.07 bits per heavy atom. The van der Waals surface area contributed by atoms with Crippen LogP contribution in [0.3, 0.4) is 0 Å². The summed E-state index contributed by atoms with van der Waals surface area (Å²) in [5.41, 5.74) is 1.27. The zero-order chi connectivity index (χ0) is 10.5. The summed E-state index contributed by atoms with van der Waals surface area (Å²) in [4.78, 5) is 6.44. The maximum atomic E-state index is 4.05. The Hall–Kier alpha value is -1.09. The van der Waals surface area contributed by atoms with E-state index in [1.807, 2.05) is 12.4 Å². The second kappa shape index (κ2) is 5.12. The fourth-order valence-electron chi connectivity index (χ4n) is 2.18. The maximum absolute atomic E-state index is 4.05. The minimum absolute atomic E-state index is 0.669. The average molecular weight is 205 g/mol. The van der Waals surface area contributed by atoms with Gasteiger partial charge in [0, 0.05) is 31.2 Å². The van der Waals surface area contributed by atoms with Crippen LogP contribution in [0.15, 0.2) is 24.5 Å². The van der Waals surface area contributed by atoms with E-state index in [1.54, 1.807) is 0 Å². The van der Waals surface area contributed by atoms with E-state index in [9.17, 15) is 0 Å². The maximum Gasteiger partial charge on any atom is 0.0396 e. The van der Waals surface area contributed by atoms with Crippen molar-refractivity contribution in [3.05, 3.63) is 24.5 Å². The summed E-state index contributed by atoms with van der Waals surface area (Å²) in [7, 11) is 2.19. The van der Waals surface area contributed by atoms with Gasteiger partial charge in [0.2, 0.25) is 0 Å². The van der Waals surface area contributed by atoms with Crippen molar-refractivity contribution in [3.8, 4) is 0 Å². The lowest BCUT2D eigenvalue weighted by molar-refractivity contribution is 0.566. The van der Waals surface area contributed by atoms with E-state index in [2.05, 4.69) is 34.4 Å². The van der Waals surface area contributed by atoms with Gasteiger partial charge < -0.3 is 10.2 Å². The van der Waals surface area contributed by atoms with Gasteiger partial charge in [0.1, 0.15) is 0 Å². The lowest BCUT2D eigenvalue weighted by atomic mass is 10.1. The average Bonchev–Trinajstić information content (AvgIpc) is 2.58. The summed E-state index contributed by atoms with van der Waals surface area (Å²) in [6, 6.07) is 4.83. The lowest BCUT2D eigenvalue weighted by Crippen LogP contribution is -2.32. The van der Waals surface area contributed by atoms with E-state index >= 15 is 0 Å². The summed E-state index contributed by atoms with van der Waals surface area (Å²) in [5, 5.41) is 3.44. The summed E-state index contributed by atoms with van der Waals surface area (Å²) in [6.07, 6.45) is 7.52. The molecule has 1 aliphatic heterocycles. The van der Waals surface area contributed by atoms with E-state index in [1.165, 1.54) is 31.5 Å². The van der Waals surface area contributed by atoms with E-state index in [0.29, 0.717) is 6.04 Å². The number of nitrogens with zero attached hydrogens (tertiary/aromatic N) is 2. The molecule has 1 fully saturated rings. The van der Waals surface area contributed by atoms with E-state index in [-0.39, 0.29) is 0 Å². The number of anilines is 1. The van der Waals surface area contributed by atoms with Crippen LogP contribution in [0.2, 0.25) is 0 Å². The van der Waals surface area contributed by atoms with Crippen LogP contribution in [0.4, 0.5) is 5.69 Å². The van der Waals surface area contributed by atoms with Crippen LogP contribution in [-0.4, -0.2) is 31.2 Å². The third-order valence-electron chi connectivity index (χ3n) is 3.16. The van der Waals surface area contributed by atoms with E-state index in [4.69, 9.17) is 0 Å². The highest BCUT2D eigenvalue weighted by atomic mass is 15.1. The Bertz CT molecular complexity index is 278. The van der Waals surface area contributed by atoms with Gasteiger partial charge >= 0.3 is 0 Å². The highest BCUT2D eigenvalue weighted by Gasteiger charge is 2.16. The normalized spacial score (nSPS) is 22.1. The molecule has 0 bridgehead atoms. The molecule has 2 rings (SSSR count). The summed E-state index contributed by atoms with van der Waals surface area (Å²) >= 11 is 0. The highest BCUT2D eigenvalue weighted by molar-refractivity contribution is 5.44. The van der Waals surface area contributed by atoms with Crippen molar-refractivity contribution in [1.29, 1.82) is 0 Å². The fraction of sp³-hybridized carbons (Fsp3) is 0.583. The zero-order valence-corrected chi connectivity index (χ0v) is 9.32. The van der Waals surface area contributed by atoms with Crippen molar-refractivity contribution in [3.63, 3.8) is 0 Å². The van der Waals surface area contributed by atoms with Gasteiger partial charge in [0.05, 0.1) is 0 Å². The molecule has 3 heteroatoms. The Kier molecular flexibility index (Phi) is 3.56. The molecule has 0 aromatic carbocycles. The van der Waals surface area contributed by atoms with Gasteiger partial charge in [-0.2, -0.15) is 0 Å². The van der Waals surface area contributed by atoms with Gasteiger partial charge in [0.15, 0.2) is 0 Å². The predicted molar refractivity (Wildman–Crippen MR) is 63.1 cm³/mol. The Labute approximate surface area is 91.5 Å². The van der Waals surface area contributed by atoms with Crippen LogP contribution >= 0.6 is 0 Å². The molecule has 0 aliphatic carbocycles. The van der Waals surface area contributed by atoms with Gasteiger partial charge in [-0.15, -0.1) is 0 Å². The summed E-state index contributed by atoms with van der Waals surface area (Å²) < 4.78 is 0. The van der Waals surface area contributed by atoms with Crippen molar-refractivity contribution in [2.24, 2.45) is 0 Å². The molecular formula is C12H19N3. The number of hydrogen-bond acceptors (Lipinski definition) is 3. The van der Waals surface area contributed by atoms with Gasteiger partial charge in [0.25, 0.3) is 0 Å². The quantitative estimate of drug-likeness (QED) is 0.796. The molecule has 1 aromatic heterocycles. The third-order valence-corrected chi connectivity index (χ3v) is 3.16. The fourth-order valence-corrected chi connectivity index (χ4v) is 2.18. The molecule has 0 amide bonds. The van der Waals surface area contributed by atoms with Crippen LogP contribution in [0.1, 0.15) is 19.3 Å². The number of pyridine rings is 1. The molecule has 1 atom stereocenters. The van der Waals surface area contributed by atoms with E-state index in [0.717, 1.165) is 6.54 Å². The molecule has 1 N–H and O–H groups in total. The van der Waals surface area contributed by atoms with Crippen LogP contribution in [-0.2, 0) is 0 Å². The molecule has 0 spiro atoms. The molecule has 15 heavy (non-hydrogen) atoms. The molecule has 3 nitrogen and oxygen atoms in total. The second-order valence-electron chi connectivity index (χ2n) is 4.15. The molecular weight excluding hydrogens is 186 g/mol. The number of hydrogen-bond donors (Lipinski definition) is 1. The largest absolute Gasteiger partial charge is 0.371 e. The zero-order valence-electron chi connectivity index (χ0n) is 9.32. The molecule has 1 aromatic rings. The topological polar surface area (TPSA) is 28.2 Å². The molecule has 1 saturated heterocycles. The monoisotopic (exact) mass is 205 g/mol. The van der Waals surface area contributed by atoms with Crippen LogP contribution in [0.5, 0.6) is 0 Å². The Balaban J connectivity index is 2.03. The SMILES string of the molecule is CN(c1ccncc1)C1CCCNCC1. The van der Waals surface area contributed by atoms with Crippen LogP contribution < -0.4 is 10.2 Å². The first-order valence-electron chi connectivity index (χ1n) is 5.71. The second-order valence-corrected chi connectivity index (χ2v) is 4.15. The minimum atomic E-state index is 0.669. The standard InChI is InChI=1S/C12H19N3/c1-15(12-5-9-14-10-6-12)11-3-2-7-13-8-4-11/h5-6,9-11,13H,2-4,7-8H2,1H3. The molecule has 82 valence electrons. The molecule has 0 radical (unpaired) electrons. The van der Waals surface area contributed by atoms with Crippen molar-refractivity contribution >= 4 is 5.69 Å². The first kappa shape index (κ1) is 10.4. The number of rotatable bonds is 2. The van der Waals surface area contributed by atoms with Crippen LogP contribution in [0.25, 0.3) is 0 Å². The third kappa shape index (κ3) is 2.69. The Morgan fingerprint density at radius 1 is 1.27 bits per heavy atom. The summed E-state index contributed by atoms with van der Waals surface area (Å²) in [5.74, 6) is 0. The summed E-state index contributed by atoms with van der Waals surface area (Å²) in [6.45, 7) is 2.31. The Morgan fingerprint density at radius 3 is 2.87 bits per heavy atom. The van der Waals surface area contributed by atoms with Crippen molar-refractivity contribution in [1.82, 2.24) is 10.3 Å². The first-order chi connectivity index (χ1) is 7.38. The molecule has 1 aliphatic rings. The van der Waals surface area contributed by atoms with Gasteiger partial charge in [-0.05, 0) is 44.5 Å². The van der Waals surface area contributed by atoms with Crippen LogP contribution in [0, 0.1) is 0 Å². The van der Waals surface area contributed by atoms with Gasteiger partial charge in [-0.25, -0.2) is 0 Å². The smallest absolute Gasteiger partial charge is 0.0396 e. The molecule has 2 heterocycles. The van der Waals surface area contributed by atoms with Crippen molar-refractivity contribution in [2.75, 3.05) is 25.0 Å². The van der Waals surface area contributed by atoms with Crippen molar-refractivity contribution < 1.29 is 0 Å². The highest BCUT2D eigenvalue weighted by Crippen LogP contribution is 2.19. The van der Waals surface area contributed by atoms with Crippen molar-refractivity contribution in [2.45, 2.75) is 25.3 Å². The van der Waals surface area contributed by atoms with Gasteiger partial charge in [-0.1, -0.05) is 0 Å². The number of nitrogens with one attached hydrogen (secondary N) is 1. The molecule has 1 unspecified atom stereocenters. The predicted octanol–water partition coefficient (Wildman–Crippen LogP) is 1.66.